The molecule has 5 heteroatoms. The first-order chi connectivity index (χ1) is 5.72. The number of thiophene rings is 1. The number of amides is 1. The lowest BCUT2D eigenvalue weighted by Gasteiger charge is -2.02. The van der Waals surface area contributed by atoms with Gasteiger partial charge in [-0.1, -0.05) is 0 Å². The number of rotatable bonds is 2. The van der Waals surface area contributed by atoms with E-state index in [1.165, 1.54) is 11.3 Å². The van der Waals surface area contributed by atoms with E-state index in [-0.39, 0.29) is 6.54 Å². The fourth-order valence-electron chi connectivity index (χ4n) is 0.692. The Morgan fingerprint density at radius 1 is 1.75 bits per heavy atom. The second kappa shape index (κ2) is 3.74. The first-order valence-corrected chi connectivity index (χ1v) is 3.97. The van der Waals surface area contributed by atoms with Gasteiger partial charge in [-0.05, 0) is 12.1 Å². The molecule has 12 heavy (non-hydrogen) atoms. The summed E-state index contributed by atoms with van der Waals surface area (Å²) in [4.78, 5) is 11.3. The molecule has 1 aromatic rings. The summed E-state index contributed by atoms with van der Waals surface area (Å²) < 4.78 is 0. The van der Waals surface area contributed by atoms with Crippen molar-refractivity contribution in [3.8, 4) is 6.07 Å². The standard InChI is InChI=1S/C7H6N2O2S/c8-3-5-1-2-6(12-5)4-9-7(10)11/h1-2,9H,4H2,(H,10,11)/p-1. The average Bonchev–Trinajstić information content (AvgIpc) is 2.48. The minimum Gasteiger partial charge on any atom is -0.530 e. The maximum atomic E-state index is 9.97. The molecular weight excluding hydrogens is 176 g/mol. The molecule has 62 valence electrons. The Hall–Kier alpha value is -1.54. The molecule has 0 unspecified atom stereocenters. The molecule has 1 rings (SSSR count). The number of carboxylic acid groups (broad SMARTS) is 1. The van der Waals surface area contributed by atoms with Gasteiger partial charge in [0.05, 0.1) is 6.54 Å². The third kappa shape index (κ3) is 2.25. The predicted molar refractivity (Wildman–Crippen MR) is 41.3 cm³/mol. The SMILES string of the molecule is N#Cc1ccc(CNC(=O)[O-])s1. The van der Waals surface area contributed by atoms with Crippen LogP contribution in [0.15, 0.2) is 12.1 Å². The Balaban J connectivity index is 2.54. The smallest absolute Gasteiger partial charge is 0.134 e. The number of nitrogens with zero attached hydrogens (tertiary/aromatic N) is 1. The summed E-state index contributed by atoms with van der Waals surface area (Å²) in [5.41, 5.74) is 0. The van der Waals surface area contributed by atoms with Crippen molar-refractivity contribution >= 4 is 17.4 Å². The number of nitriles is 1. The van der Waals surface area contributed by atoms with Crippen LogP contribution in [0.3, 0.4) is 0 Å². The van der Waals surface area contributed by atoms with Gasteiger partial charge in [-0.3, -0.25) is 0 Å². The maximum Gasteiger partial charge on any atom is 0.134 e. The highest BCUT2D eigenvalue weighted by molar-refractivity contribution is 7.12. The van der Waals surface area contributed by atoms with Gasteiger partial charge in [-0.25, -0.2) is 0 Å². The van der Waals surface area contributed by atoms with Gasteiger partial charge in [-0.2, -0.15) is 5.26 Å². The monoisotopic (exact) mass is 181 g/mol. The van der Waals surface area contributed by atoms with E-state index in [0.717, 1.165) is 4.88 Å². The van der Waals surface area contributed by atoms with Crippen LogP contribution < -0.4 is 10.4 Å². The third-order valence-corrected chi connectivity index (χ3v) is 2.17. The van der Waals surface area contributed by atoms with Gasteiger partial charge < -0.3 is 15.2 Å². The second-order valence-electron chi connectivity index (χ2n) is 2.02. The molecular formula is C7H5N2O2S-. The van der Waals surface area contributed by atoms with Crippen LogP contribution in [0.5, 0.6) is 0 Å². The fraction of sp³-hybridized carbons (Fsp3) is 0.143. The summed E-state index contributed by atoms with van der Waals surface area (Å²) >= 11 is 1.26. The van der Waals surface area contributed by atoms with Gasteiger partial charge in [0.25, 0.3) is 0 Å². The first kappa shape index (κ1) is 8.56. The van der Waals surface area contributed by atoms with E-state index in [4.69, 9.17) is 5.26 Å². The van der Waals surface area contributed by atoms with Crippen molar-refractivity contribution in [1.29, 1.82) is 5.26 Å². The molecule has 1 heterocycles. The van der Waals surface area contributed by atoms with Crippen LogP contribution in [-0.4, -0.2) is 6.09 Å². The van der Waals surface area contributed by atoms with E-state index in [0.29, 0.717) is 4.88 Å². The predicted octanol–water partition coefficient (Wildman–Crippen LogP) is 0.0527. The lowest BCUT2D eigenvalue weighted by Crippen LogP contribution is -2.35. The van der Waals surface area contributed by atoms with Crippen molar-refractivity contribution in [3.05, 3.63) is 21.9 Å². The third-order valence-electron chi connectivity index (χ3n) is 1.18. The van der Waals surface area contributed by atoms with Crippen LogP contribution in [0.4, 0.5) is 4.79 Å². The van der Waals surface area contributed by atoms with Crippen LogP contribution in [0, 0.1) is 11.3 Å². The van der Waals surface area contributed by atoms with E-state index in [2.05, 4.69) is 5.32 Å². The van der Waals surface area contributed by atoms with Gasteiger partial charge in [0.1, 0.15) is 17.0 Å². The van der Waals surface area contributed by atoms with Gasteiger partial charge in [0.15, 0.2) is 0 Å². The lowest BCUT2D eigenvalue weighted by atomic mass is 10.4. The van der Waals surface area contributed by atoms with E-state index in [9.17, 15) is 9.90 Å². The molecule has 0 atom stereocenters. The summed E-state index contributed by atoms with van der Waals surface area (Å²) in [5, 5.41) is 20.5. The van der Waals surface area contributed by atoms with Crippen molar-refractivity contribution in [3.63, 3.8) is 0 Å². The molecule has 4 nitrogen and oxygen atoms in total. The minimum absolute atomic E-state index is 0.203. The highest BCUT2D eigenvalue weighted by atomic mass is 32.1. The molecule has 0 aliphatic carbocycles. The number of hydrogen-bond acceptors (Lipinski definition) is 4. The van der Waals surface area contributed by atoms with Crippen molar-refractivity contribution in [2.75, 3.05) is 0 Å². The number of carbonyl (C=O) groups excluding carboxylic acids is 1. The van der Waals surface area contributed by atoms with Crippen LogP contribution in [-0.2, 0) is 6.54 Å². The zero-order chi connectivity index (χ0) is 8.97. The summed E-state index contributed by atoms with van der Waals surface area (Å²) in [6.07, 6.45) is -1.30. The normalized spacial score (nSPS) is 8.92. The molecule has 1 N–H and O–H groups in total. The highest BCUT2D eigenvalue weighted by Crippen LogP contribution is 2.14. The van der Waals surface area contributed by atoms with Gasteiger partial charge >= 0.3 is 0 Å². The van der Waals surface area contributed by atoms with E-state index < -0.39 is 6.09 Å². The van der Waals surface area contributed by atoms with Crippen LogP contribution in [0.2, 0.25) is 0 Å². The zero-order valence-electron chi connectivity index (χ0n) is 6.03. The molecule has 0 bridgehead atoms. The van der Waals surface area contributed by atoms with E-state index in [1.54, 1.807) is 12.1 Å². The lowest BCUT2D eigenvalue weighted by molar-refractivity contribution is -0.251. The first-order valence-electron chi connectivity index (χ1n) is 3.16. The number of carbonyl (C=O) groups is 1. The van der Waals surface area contributed by atoms with Crippen molar-refractivity contribution < 1.29 is 9.90 Å². The van der Waals surface area contributed by atoms with Gasteiger partial charge in [0.2, 0.25) is 0 Å². The Bertz CT molecular complexity index is 326. The summed E-state index contributed by atoms with van der Waals surface area (Å²) in [6.45, 7) is 0.203. The van der Waals surface area contributed by atoms with Gasteiger partial charge in [0, 0.05) is 4.88 Å². The highest BCUT2D eigenvalue weighted by Gasteiger charge is 1.97. The average molecular weight is 181 g/mol. The van der Waals surface area contributed by atoms with Crippen molar-refractivity contribution in [1.82, 2.24) is 5.32 Å². The zero-order valence-corrected chi connectivity index (χ0v) is 6.85. The summed E-state index contributed by atoms with van der Waals surface area (Å²) in [6, 6.07) is 5.32. The van der Waals surface area contributed by atoms with Crippen LogP contribution in [0.25, 0.3) is 0 Å². The topological polar surface area (TPSA) is 76.0 Å². The molecule has 1 aromatic heterocycles. The van der Waals surface area contributed by atoms with E-state index >= 15 is 0 Å². The molecule has 0 spiro atoms. The second-order valence-corrected chi connectivity index (χ2v) is 3.19. The number of nitrogens with one attached hydrogen (secondary N) is 1. The Labute approximate surface area is 73.1 Å². The van der Waals surface area contributed by atoms with Crippen molar-refractivity contribution in [2.24, 2.45) is 0 Å². The summed E-state index contributed by atoms with van der Waals surface area (Å²) in [7, 11) is 0. The maximum absolute atomic E-state index is 9.97. The molecule has 0 aliphatic rings. The Kier molecular flexibility index (Phi) is 2.66. The number of hydrogen-bond donors (Lipinski definition) is 1. The quantitative estimate of drug-likeness (QED) is 0.700. The van der Waals surface area contributed by atoms with Crippen LogP contribution in [0.1, 0.15) is 9.75 Å². The Morgan fingerprint density at radius 3 is 3.00 bits per heavy atom. The molecule has 0 saturated carbocycles. The molecule has 0 aromatic carbocycles. The van der Waals surface area contributed by atoms with Crippen LogP contribution >= 0.6 is 11.3 Å². The minimum atomic E-state index is -1.30. The van der Waals surface area contributed by atoms with Gasteiger partial charge in [-0.15, -0.1) is 11.3 Å². The molecule has 0 saturated heterocycles. The fourth-order valence-corrected chi connectivity index (χ4v) is 1.44. The Morgan fingerprint density at radius 2 is 2.50 bits per heavy atom. The summed E-state index contributed by atoms with van der Waals surface area (Å²) in [5.74, 6) is 0. The van der Waals surface area contributed by atoms with E-state index in [1.807, 2.05) is 6.07 Å². The molecule has 0 fully saturated rings. The molecule has 0 radical (unpaired) electrons. The molecule has 1 amide bonds. The van der Waals surface area contributed by atoms with Crippen molar-refractivity contribution in [2.45, 2.75) is 6.54 Å². The molecule has 0 aliphatic heterocycles. The largest absolute Gasteiger partial charge is 0.530 e.